The average molecular weight is 397 g/mol. The minimum atomic E-state index is -0.787. The molecule has 2 amide bonds. The van der Waals surface area contributed by atoms with Crippen molar-refractivity contribution in [2.24, 2.45) is 0 Å². The van der Waals surface area contributed by atoms with Gasteiger partial charge in [0.25, 0.3) is 5.91 Å². The van der Waals surface area contributed by atoms with Crippen LogP contribution >= 0.6 is 0 Å². The van der Waals surface area contributed by atoms with E-state index in [4.69, 9.17) is 4.74 Å². The van der Waals surface area contributed by atoms with E-state index in [0.29, 0.717) is 11.1 Å². The first kappa shape index (κ1) is 19.3. The summed E-state index contributed by atoms with van der Waals surface area (Å²) >= 11 is 0. The van der Waals surface area contributed by atoms with Crippen molar-refractivity contribution in [3.8, 4) is 0 Å². The Labute approximate surface area is 174 Å². The molecule has 0 spiro atoms. The molecule has 0 saturated carbocycles. The van der Waals surface area contributed by atoms with E-state index in [1.165, 1.54) is 0 Å². The van der Waals surface area contributed by atoms with Gasteiger partial charge in [0, 0.05) is 5.56 Å². The summed E-state index contributed by atoms with van der Waals surface area (Å²) in [6, 6.07) is 24.9. The molecule has 0 aromatic heterocycles. The maximum Gasteiger partial charge on any atom is 0.422 e. The standard InChI is InChI=1S/C25H19NO4/c1-17-12-14-18(15-13-17)16-26-24(28)23(30-25(26)29)21(19-8-4-2-5-9-19)22(27)20-10-6-3-7-11-20/h2-15H,16H2,1H3. The lowest BCUT2D eigenvalue weighted by atomic mass is 9.95. The van der Waals surface area contributed by atoms with Crippen LogP contribution in [0.1, 0.15) is 27.0 Å². The predicted molar refractivity (Wildman–Crippen MR) is 112 cm³/mol. The quantitative estimate of drug-likeness (QED) is 0.460. The van der Waals surface area contributed by atoms with Crippen LogP contribution in [0.15, 0.2) is 90.7 Å². The number of aryl methyl sites for hydroxylation is 1. The summed E-state index contributed by atoms with van der Waals surface area (Å²) in [5.41, 5.74) is 2.87. The topological polar surface area (TPSA) is 63.7 Å². The molecular formula is C25H19NO4. The van der Waals surface area contributed by atoms with Crippen LogP contribution in [-0.4, -0.2) is 22.7 Å². The molecule has 1 saturated heterocycles. The molecule has 148 valence electrons. The fourth-order valence-electron chi connectivity index (χ4n) is 3.27. The van der Waals surface area contributed by atoms with E-state index in [1.54, 1.807) is 54.6 Å². The van der Waals surface area contributed by atoms with Gasteiger partial charge in [0.2, 0.25) is 5.76 Å². The van der Waals surface area contributed by atoms with E-state index in [-0.39, 0.29) is 23.7 Å². The summed E-state index contributed by atoms with van der Waals surface area (Å²) in [5, 5.41) is 0. The van der Waals surface area contributed by atoms with Crippen molar-refractivity contribution < 1.29 is 19.1 Å². The lowest BCUT2D eigenvalue weighted by Gasteiger charge is -2.11. The zero-order valence-corrected chi connectivity index (χ0v) is 16.4. The zero-order chi connectivity index (χ0) is 21.1. The zero-order valence-electron chi connectivity index (χ0n) is 16.4. The molecule has 1 aliphatic rings. The number of hydrogen-bond acceptors (Lipinski definition) is 4. The number of amides is 2. The molecule has 3 aromatic rings. The van der Waals surface area contributed by atoms with Crippen LogP contribution in [0.5, 0.6) is 0 Å². The summed E-state index contributed by atoms with van der Waals surface area (Å²) < 4.78 is 5.34. The number of allylic oxidation sites excluding steroid dienone is 1. The largest absolute Gasteiger partial charge is 0.422 e. The van der Waals surface area contributed by atoms with Crippen molar-refractivity contribution in [1.82, 2.24) is 4.90 Å². The molecule has 5 heteroatoms. The summed E-state index contributed by atoms with van der Waals surface area (Å²) in [5.74, 6) is -1.24. The SMILES string of the molecule is Cc1ccc(CN2C(=O)OC(=C(C(=O)c3ccccc3)c3ccccc3)C2=O)cc1. The van der Waals surface area contributed by atoms with Gasteiger partial charge in [0.1, 0.15) is 0 Å². The van der Waals surface area contributed by atoms with Gasteiger partial charge in [-0.25, -0.2) is 9.69 Å². The van der Waals surface area contributed by atoms with Gasteiger partial charge in [0.15, 0.2) is 5.78 Å². The Kier molecular flexibility index (Phi) is 5.26. The Hall–Kier alpha value is -3.99. The van der Waals surface area contributed by atoms with Gasteiger partial charge in [0.05, 0.1) is 12.1 Å². The van der Waals surface area contributed by atoms with E-state index in [0.717, 1.165) is 16.0 Å². The Morgan fingerprint density at radius 1 is 0.800 bits per heavy atom. The second-order valence-corrected chi connectivity index (χ2v) is 7.01. The minimum absolute atomic E-state index is 0.0725. The van der Waals surface area contributed by atoms with Crippen LogP contribution in [0.3, 0.4) is 0 Å². The molecule has 0 bridgehead atoms. The van der Waals surface area contributed by atoms with Gasteiger partial charge in [-0.2, -0.15) is 0 Å². The Balaban J connectivity index is 1.76. The lowest BCUT2D eigenvalue weighted by Crippen LogP contribution is -2.28. The highest BCUT2D eigenvalue weighted by Gasteiger charge is 2.40. The molecule has 5 nitrogen and oxygen atoms in total. The molecule has 0 radical (unpaired) electrons. The van der Waals surface area contributed by atoms with Crippen molar-refractivity contribution in [2.45, 2.75) is 13.5 Å². The first-order chi connectivity index (χ1) is 14.5. The van der Waals surface area contributed by atoms with Crippen LogP contribution in [0.25, 0.3) is 5.57 Å². The number of ketones is 1. The average Bonchev–Trinajstić information content (AvgIpc) is 3.05. The van der Waals surface area contributed by atoms with E-state index >= 15 is 0 Å². The van der Waals surface area contributed by atoms with Crippen LogP contribution in [-0.2, 0) is 16.1 Å². The molecule has 0 atom stereocenters. The second kappa shape index (κ2) is 8.17. The molecule has 30 heavy (non-hydrogen) atoms. The first-order valence-electron chi connectivity index (χ1n) is 9.53. The Morgan fingerprint density at radius 3 is 1.97 bits per heavy atom. The molecule has 1 heterocycles. The summed E-state index contributed by atoms with van der Waals surface area (Å²) in [6.07, 6.45) is -0.787. The monoisotopic (exact) mass is 397 g/mol. The molecule has 1 fully saturated rings. The van der Waals surface area contributed by atoms with Crippen LogP contribution in [0.4, 0.5) is 4.79 Å². The fraction of sp³-hybridized carbons (Fsp3) is 0.0800. The number of imide groups is 1. The van der Waals surface area contributed by atoms with Crippen molar-refractivity contribution >= 4 is 23.4 Å². The molecule has 0 unspecified atom stereocenters. The number of benzene rings is 3. The number of nitrogens with zero attached hydrogens (tertiary/aromatic N) is 1. The molecule has 0 N–H and O–H groups in total. The third-order valence-electron chi connectivity index (χ3n) is 4.86. The van der Waals surface area contributed by atoms with Gasteiger partial charge < -0.3 is 4.74 Å². The van der Waals surface area contributed by atoms with E-state index in [2.05, 4.69) is 0 Å². The van der Waals surface area contributed by atoms with Crippen molar-refractivity contribution in [1.29, 1.82) is 0 Å². The molecule has 4 rings (SSSR count). The number of hydrogen-bond donors (Lipinski definition) is 0. The number of carbonyl (C=O) groups is 3. The van der Waals surface area contributed by atoms with Crippen LogP contribution in [0, 0.1) is 6.92 Å². The summed E-state index contributed by atoms with van der Waals surface area (Å²) in [6.45, 7) is 2.03. The van der Waals surface area contributed by atoms with Gasteiger partial charge in [-0.3, -0.25) is 9.59 Å². The van der Waals surface area contributed by atoms with E-state index < -0.39 is 12.0 Å². The molecule has 1 aliphatic heterocycles. The van der Waals surface area contributed by atoms with Crippen molar-refractivity contribution in [3.63, 3.8) is 0 Å². The molecule has 0 aliphatic carbocycles. The third kappa shape index (κ3) is 3.78. The van der Waals surface area contributed by atoms with Gasteiger partial charge in [-0.05, 0) is 18.1 Å². The predicted octanol–water partition coefficient (Wildman–Crippen LogP) is 4.77. The highest BCUT2D eigenvalue weighted by atomic mass is 16.6. The lowest BCUT2D eigenvalue weighted by molar-refractivity contribution is -0.123. The first-order valence-corrected chi connectivity index (χ1v) is 9.53. The van der Waals surface area contributed by atoms with Crippen molar-refractivity contribution in [2.75, 3.05) is 0 Å². The maximum absolute atomic E-state index is 13.3. The van der Waals surface area contributed by atoms with Crippen LogP contribution < -0.4 is 0 Å². The molecular weight excluding hydrogens is 378 g/mol. The van der Waals surface area contributed by atoms with Gasteiger partial charge in [-0.15, -0.1) is 0 Å². The number of carbonyl (C=O) groups excluding carboxylic acids is 3. The van der Waals surface area contributed by atoms with Gasteiger partial charge in [-0.1, -0.05) is 90.5 Å². The Morgan fingerprint density at radius 2 is 1.37 bits per heavy atom. The number of cyclic esters (lactones) is 1. The molecule has 3 aromatic carbocycles. The highest BCUT2D eigenvalue weighted by Crippen LogP contribution is 2.30. The Bertz CT molecular complexity index is 1130. The van der Waals surface area contributed by atoms with E-state index in [1.807, 2.05) is 37.3 Å². The highest BCUT2D eigenvalue weighted by molar-refractivity contribution is 6.34. The van der Waals surface area contributed by atoms with E-state index in [9.17, 15) is 14.4 Å². The normalized spacial score (nSPS) is 15.2. The second-order valence-electron chi connectivity index (χ2n) is 7.01. The number of Topliss-reactive ketones (excluding diaryl/α,β-unsaturated/α-hetero) is 1. The van der Waals surface area contributed by atoms with Crippen LogP contribution in [0.2, 0.25) is 0 Å². The van der Waals surface area contributed by atoms with Crippen molar-refractivity contribution in [3.05, 3.63) is 113 Å². The summed E-state index contributed by atoms with van der Waals surface area (Å²) in [7, 11) is 0. The van der Waals surface area contributed by atoms with Gasteiger partial charge >= 0.3 is 6.09 Å². The maximum atomic E-state index is 13.3. The minimum Gasteiger partial charge on any atom is -0.403 e. The fourth-order valence-corrected chi connectivity index (χ4v) is 3.27. The summed E-state index contributed by atoms with van der Waals surface area (Å²) in [4.78, 5) is 39.9. The third-order valence-corrected chi connectivity index (χ3v) is 4.86. The number of ether oxygens (including phenoxy) is 1. The smallest absolute Gasteiger partial charge is 0.403 e. The number of rotatable bonds is 5.